The Balaban J connectivity index is 1.28. The van der Waals surface area contributed by atoms with Crippen molar-refractivity contribution in [3.8, 4) is 22.6 Å². The number of aromatic nitrogens is 6. The zero-order valence-corrected chi connectivity index (χ0v) is 24.2. The van der Waals surface area contributed by atoms with E-state index >= 15 is 0 Å². The van der Waals surface area contributed by atoms with Crippen LogP contribution < -0.4 is 10.2 Å². The van der Waals surface area contributed by atoms with Gasteiger partial charge in [0.15, 0.2) is 5.82 Å². The fraction of sp³-hybridized carbons (Fsp3) is 0.433. The highest BCUT2D eigenvalue weighted by molar-refractivity contribution is 6.10. The van der Waals surface area contributed by atoms with Crippen LogP contribution in [0.4, 0.5) is 24.8 Å². The van der Waals surface area contributed by atoms with Crippen LogP contribution in [0.5, 0.6) is 0 Å². The number of rotatable bonds is 7. The van der Waals surface area contributed by atoms with Gasteiger partial charge in [0, 0.05) is 44.9 Å². The molecule has 0 radical (unpaired) electrons. The molecule has 1 saturated heterocycles. The molecule has 2 aliphatic heterocycles. The summed E-state index contributed by atoms with van der Waals surface area (Å²) in [5.41, 5.74) is 2.30. The Labute approximate surface area is 246 Å². The van der Waals surface area contributed by atoms with Gasteiger partial charge in [-0.1, -0.05) is 0 Å². The third-order valence-electron chi connectivity index (χ3n) is 8.90. The summed E-state index contributed by atoms with van der Waals surface area (Å²) in [6.07, 6.45) is 2.15. The first-order valence-electron chi connectivity index (χ1n) is 14.5. The Morgan fingerprint density at radius 1 is 1.07 bits per heavy atom. The van der Waals surface area contributed by atoms with Crippen LogP contribution in [0, 0.1) is 5.41 Å². The molecule has 1 aliphatic carbocycles. The van der Waals surface area contributed by atoms with E-state index in [4.69, 9.17) is 0 Å². The molecule has 5 heterocycles. The molecular weight excluding hydrogens is 559 g/mol. The Morgan fingerprint density at radius 2 is 1.88 bits per heavy atom. The number of pyridine rings is 1. The number of amides is 1. The van der Waals surface area contributed by atoms with E-state index in [9.17, 15) is 18.0 Å². The maximum atomic E-state index is 14.4. The van der Waals surface area contributed by atoms with Gasteiger partial charge in [-0.25, -0.2) is 4.98 Å². The van der Waals surface area contributed by atoms with Crippen molar-refractivity contribution in [1.82, 2.24) is 34.4 Å². The third-order valence-corrected chi connectivity index (χ3v) is 8.90. The van der Waals surface area contributed by atoms with E-state index in [2.05, 4.69) is 30.5 Å². The maximum absolute atomic E-state index is 14.4. The van der Waals surface area contributed by atoms with E-state index < -0.39 is 17.6 Å². The van der Waals surface area contributed by atoms with Crippen molar-refractivity contribution in [2.24, 2.45) is 19.5 Å². The van der Waals surface area contributed by atoms with Gasteiger partial charge in [0.2, 0.25) is 0 Å². The fourth-order valence-corrected chi connectivity index (χ4v) is 6.54. The minimum absolute atomic E-state index is 0.0150. The molecule has 1 amide bonds. The lowest BCUT2D eigenvalue weighted by Gasteiger charge is -2.19. The number of anilines is 2. The number of nitrogens with one attached hydrogen (secondary N) is 1. The average Bonchev–Trinajstić information content (AvgIpc) is 3.27. The SMILES string of the molecule is CCNc1cc(-c2c(-c3nncn3C)cnn2C)cc(N2Cc3c(cc(CN4CCC5(CC5)C4)cc3C(F)(F)F)C2=O)n1. The Kier molecular flexibility index (Phi) is 6.35. The standard InChI is InChI=1S/C30H32F3N9O/c1-4-34-24-11-19(26-21(13-36-40(26)3)27-38-35-17-39(27)2)12-25(37-24)42-15-22-20(28(42)43)9-18(10-23(22)30(31,32)33)14-41-8-7-29(16-41)5-6-29/h9-13,17H,4-8,14-16H2,1-3H3,(H,34,37). The van der Waals surface area contributed by atoms with Crippen LogP contribution in [-0.2, 0) is 33.4 Å². The zero-order valence-electron chi connectivity index (χ0n) is 24.2. The predicted molar refractivity (Wildman–Crippen MR) is 154 cm³/mol. The molecular formula is C30H32F3N9O. The number of nitrogens with zero attached hydrogens (tertiary/aromatic N) is 8. The van der Waals surface area contributed by atoms with Gasteiger partial charge in [0.05, 0.1) is 29.6 Å². The summed E-state index contributed by atoms with van der Waals surface area (Å²) in [5.74, 6) is 0.852. The number of hydrogen-bond donors (Lipinski definition) is 1. The Hall–Kier alpha value is -4.26. The first-order valence-corrected chi connectivity index (χ1v) is 14.5. The minimum atomic E-state index is -4.59. The maximum Gasteiger partial charge on any atom is 0.416 e. The summed E-state index contributed by atoms with van der Waals surface area (Å²) in [4.78, 5) is 22.1. The van der Waals surface area contributed by atoms with Crippen molar-refractivity contribution in [3.05, 3.63) is 59.0 Å². The first kappa shape index (κ1) is 27.6. The number of likely N-dealkylation sites (tertiary alicyclic amines) is 1. The highest BCUT2D eigenvalue weighted by Crippen LogP contribution is 2.53. The molecule has 7 rings (SSSR count). The first-order chi connectivity index (χ1) is 20.5. The average molecular weight is 592 g/mol. The normalized spacial score (nSPS) is 17.7. The summed E-state index contributed by atoms with van der Waals surface area (Å²) < 4.78 is 46.7. The number of halogens is 3. The molecule has 0 bridgehead atoms. The van der Waals surface area contributed by atoms with Gasteiger partial charge in [0.1, 0.15) is 18.0 Å². The number of alkyl halides is 3. The number of hydrogen-bond acceptors (Lipinski definition) is 7. The lowest BCUT2D eigenvalue weighted by molar-refractivity contribution is -0.138. The monoisotopic (exact) mass is 591 g/mol. The van der Waals surface area contributed by atoms with E-state index in [0.717, 1.165) is 25.1 Å². The topological polar surface area (TPSA) is 97.0 Å². The second kappa shape index (κ2) is 9.90. The summed E-state index contributed by atoms with van der Waals surface area (Å²) >= 11 is 0. The predicted octanol–water partition coefficient (Wildman–Crippen LogP) is 4.87. The molecule has 43 heavy (non-hydrogen) atoms. The molecule has 10 nitrogen and oxygen atoms in total. The molecule has 224 valence electrons. The molecule has 3 aliphatic rings. The summed E-state index contributed by atoms with van der Waals surface area (Å²) in [6, 6.07) is 6.42. The van der Waals surface area contributed by atoms with E-state index in [1.165, 1.54) is 23.8 Å². The second-order valence-electron chi connectivity index (χ2n) is 11.9. The molecule has 2 fully saturated rings. The van der Waals surface area contributed by atoms with Gasteiger partial charge in [-0.05, 0) is 73.5 Å². The van der Waals surface area contributed by atoms with Gasteiger partial charge in [-0.2, -0.15) is 18.3 Å². The molecule has 1 aromatic carbocycles. The number of carbonyl (C=O) groups is 1. The van der Waals surface area contributed by atoms with Crippen LogP contribution in [0.25, 0.3) is 22.6 Å². The summed E-state index contributed by atoms with van der Waals surface area (Å²) in [5, 5.41) is 15.8. The smallest absolute Gasteiger partial charge is 0.370 e. The molecule has 1 N–H and O–H groups in total. The number of fused-ring (bicyclic) bond motifs is 1. The Bertz CT molecular complexity index is 1740. The second-order valence-corrected chi connectivity index (χ2v) is 11.9. The van der Waals surface area contributed by atoms with Crippen molar-refractivity contribution < 1.29 is 18.0 Å². The molecule has 13 heteroatoms. The lowest BCUT2D eigenvalue weighted by atomic mass is 9.98. The van der Waals surface area contributed by atoms with E-state index in [-0.39, 0.29) is 23.5 Å². The van der Waals surface area contributed by atoms with Crippen LogP contribution >= 0.6 is 0 Å². The molecule has 4 aromatic rings. The van der Waals surface area contributed by atoms with Crippen molar-refractivity contribution in [1.29, 1.82) is 0 Å². The van der Waals surface area contributed by atoms with Crippen molar-refractivity contribution in [2.45, 2.75) is 45.5 Å². The molecule has 1 spiro atoms. The van der Waals surface area contributed by atoms with Crippen LogP contribution in [0.15, 0.2) is 36.8 Å². The fourth-order valence-electron chi connectivity index (χ4n) is 6.54. The van der Waals surface area contributed by atoms with Crippen LogP contribution in [0.2, 0.25) is 0 Å². The largest absolute Gasteiger partial charge is 0.416 e. The van der Waals surface area contributed by atoms with Crippen molar-refractivity contribution in [3.63, 3.8) is 0 Å². The minimum Gasteiger partial charge on any atom is -0.370 e. The summed E-state index contributed by atoms with van der Waals surface area (Å²) in [7, 11) is 3.62. The highest BCUT2D eigenvalue weighted by atomic mass is 19.4. The zero-order chi connectivity index (χ0) is 30.1. The van der Waals surface area contributed by atoms with Crippen LogP contribution in [0.1, 0.15) is 53.2 Å². The van der Waals surface area contributed by atoms with Crippen LogP contribution in [-0.4, -0.2) is 60.0 Å². The quantitative estimate of drug-likeness (QED) is 0.328. The van der Waals surface area contributed by atoms with E-state index in [1.807, 2.05) is 20.0 Å². The van der Waals surface area contributed by atoms with Gasteiger partial charge >= 0.3 is 6.18 Å². The third kappa shape index (κ3) is 4.85. The molecule has 0 atom stereocenters. The van der Waals surface area contributed by atoms with Crippen LogP contribution in [0.3, 0.4) is 0 Å². The van der Waals surface area contributed by atoms with E-state index in [0.29, 0.717) is 47.0 Å². The van der Waals surface area contributed by atoms with Gasteiger partial charge < -0.3 is 9.88 Å². The molecule has 3 aromatic heterocycles. The number of aryl methyl sites for hydroxylation is 2. The lowest BCUT2D eigenvalue weighted by Crippen LogP contribution is -2.24. The van der Waals surface area contributed by atoms with E-state index in [1.54, 1.807) is 41.0 Å². The number of benzene rings is 1. The summed E-state index contributed by atoms with van der Waals surface area (Å²) in [6.45, 7) is 4.43. The molecule has 0 unspecified atom stereocenters. The van der Waals surface area contributed by atoms with Crippen molar-refractivity contribution >= 4 is 17.5 Å². The Morgan fingerprint density at radius 3 is 2.56 bits per heavy atom. The number of carbonyl (C=O) groups excluding carboxylic acids is 1. The van der Waals surface area contributed by atoms with Crippen molar-refractivity contribution in [2.75, 3.05) is 29.9 Å². The van der Waals surface area contributed by atoms with Gasteiger partial charge in [0.25, 0.3) is 5.91 Å². The van der Waals surface area contributed by atoms with Gasteiger partial charge in [-0.15, -0.1) is 10.2 Å². The highest BCUT2D eigenvalue weighted by Gasteiger charge is 2.47. The molecule has 1 saturated carbocycles. The van der Waals surface area contributed by atoms with Gasteiger partial charge in [-0.3, -0.25) is 19.3 Å².